The zero-order chi connectivity index (χ0) is 15.6. The van der Waals surface area contributed by atoms with E-state index in [0.717, 1.165) is 31.5 Å². The van der Waals surface area contributed by atoms with Crippen molar-refractivity contribution < 1.29 is 4.74 Å². The second-order valence-electron chi connectivity index (χ2n) is 7.04. The van der Waals surface area contributed by atoms with Crippen molar-refractivity contribution in [1.82, 2.24) is 5.32 Å². The van der Waals surface area contributed by atoms with Gasteiger partial charge in [-0.3, -0.25) is 0 Å². The van der Waals surface area contributed by atoms with E-state index in [1.807, 2.05) is 0 Å². The first-order valence-electron chi connectivity index (χ1n) is 9.54. The molecular formula is C19H39NO. The highest BCUT2D eigenvalue weighted by atomic mass is 16.5. The van der Waals surface area contributed by atoms with Crippen molar-refractivity contribution in [3.63, 3.8) is 0 Å². The molecule has 0 spiro atoms. The van der Waals surface area contributed by atoms with Crippen molar-refractivity contribution in [2.75, 3.05) is 19.7 Å². The van der Waals surface area contributed by atoms with Gasteiger partial charge in [-0.2, -0.15) is 0 Å². The van der Waals surface area contributed by atoms with E-state index >= 15 is 0 Å². The summed E-state index contributed by atoms with van der Waals surface area (Å²) >= 11 is 0. The van der Waals surface area contributed by atoms with Gasteiger partial charge >= 0.3 is 0 Å². The number of nitrogens with one attached hydrogen (secondary N) is 1. The predicted octanol–water partition coefficient (Wildman–Crippen LogP) is 5.17. The van der Waals surface area contributed by atoms with Crippen LogP contribution >= 0.6 is 0 Å². The smallest absolute Gasteiger partial charge is 0.0806 e. The molecule has 0 aromatic rings. The summed E-state index contributed by atoms with van der Waals surface area (Å²) in [7, 11) is 0. The van der Waals surface area contributed by atoms with Gasteiger partial charge in [-0.05, 0) is 50.5 Å². The summed E-state index contributed by atoms with van der Waals surface area (Å²) in [4.78, 5) is 0. The van der Waals surface area contributed by atoms with Crippen LogP contribution in [0.2, 0.25) is 0 Å². The van der Waals surface area contributed by atoms with Gasteiger partial charge < -0.3 is 10.1 Å². The molecule has 126 valence electrons. The number of unbranched alkanes of at least 4 members (excludes halogenated alkanes) is 1. The maximum absolute atomic E-state index is 6.55. The second kappa shape index (κ2) is 10.6. The topological polar surface area (TPSA) is 21.3 Å². The van der Waals surface area contributed by atoms with Gasteiger partial charge in [-0.1, -0.05) is 53.4 Å². The lowest BCUT2D eigenvalue weighted by Crippen LogP contribution is -2.46. The molecule has 0 radical (unpaired) electrons. The molecule has 0 heterocycles. The van der Waals surface area contributed by atoms with E-state index in [1.165, 1.54) is 57.8 Å². The van der Waals surface area contributed by atoms with Crippen LogP contribution in [0, 0.1) is 11.8 Å². The third-order valence-corrected chi connectivity index (χ3v) is 5.46. The van der Waals surface area contributed by atoms with E-state index in [9.17, 15) is 0 Å². The number of hydrogen-bond donors (Lipinski definition) is 1. The normalized spacial score (nSPS) is 27.7. The highest BCUT2D eigenvalue weighted by Crippen LogP contribution is 2.36. The number of rotatable bonds is 11. The van der Waals surface area contributed by atoms with Gasteiger partial charge in [0.1, 0.15) is 0 Å². The summed E-state index contributed by atoms with van der Waals surface area (Å²) in [5.41, 5.74) is 0.126. The third-order valence-electron chi connectivity index (χ3n) is 5.46. The van der Waals surface area contributed by atoms with Crippen LogP contribution in [-0.4, -0.2) is 25.3 Å². The van der Waals surface area contributed by atoms with Gasteiger partial charge in [-0.25, -0.2) is 0 Å². The first-order chi connectivity index (χ1) is 10.2. The molecule has 1 saturated carbocycles. The fourth-order valence-corrected chi connectivity index (χ4v) is 3.53. The monoisotopic (exact) mass is 297 g/mol. The van der Waals surface area contributed by atoms with Crippen molar-refractivity contribution >= 4 is 0 Å². The van der Waals surface area contributed by atoms with Crippen LogP contribution in [0.15, 0.2) is 0 Å². The fraction of sp³-hybridized carbons (Fsp3) is 1.00. The molecule has 2 heteroatoms. The summed E-state index contributed by atoms with van der Waals surface area (Å²) in [6.45, 7) is 12.2. The Morgan fingerprint density at radius 2 is 1.86 bits per heavy atom. The standard InChI is InChI=1S/C19H39NO/c1-5-9-10-18(7-3)15-21-19(16-20-8-4)13-11-17(6-2)12-14-19/h17-18,20H,5-16H2,1-4H3. The Labute approximate surface area is 133 Å². The Hall–Kier alpha value is -0.0800. The second-order valence-corrected chi connectivity index (χ2v) is 7.04. The van der Waals surface area contributed by atoms with E-state index in [-0.39, 0.29) is 5.60 Å². The molecule has 1 unspecified atom stereocenters. The molecule has 21 heavy (non-hydrogen) atoms. The number of hydrogen-bond acceptors (Lipinski definition) is 2. The largest absolute Gasteiger partial charge is 0.373 e. The summed E-state index contributed by atoms with van der Waals surface area (Å²) in [5.74, 6) is 1.69. The van der Waals surface area contributed by atoms with Crippen molar-refractivity contribution in [2.45, 2.75) is 91.1 Å². The van der Waals surface area contributed by atoms with Crippen LogP contribution in [0.4, 0.5) is 0 Å². The zero-order valence-corrected chi connectivity index (χ0v) is 15.0. The molecule has 1 aliphatic rings. The maximum Gasteiger partial charge on any atom is 0.0806 e. The van der Waals surface area contributed by atoms with Gasteiger partial charge in [-0.15, -0.1) is 0 Å². The van der Waals surface area contributed by atoms with Crippen LogP contribution in [0.1, 0.15) is 85.5 Å². The summed E-state index contributed by atoms with van der Waals surface area (Å²) in [6.07, 6.45) is 11.8. The maximum atomic E-state index is 6.55. The minimum Gasteiger partial charge on any atom is -0.373 e. The molecule has 1 N–H and O–H groups in total. The van der Waals surface area contributed by atoms with E-state index in [4.69, 9.17) is 4.74 Å². The molecule has 2 nitrogen and oxygen atoms in total. The highest BCUT2D eigenvalue weighted by molar-refractivity contribution is 4.89. The molecule has 1 atom stereocenters. The summed E-state index contributed by atoms with van der Waals surface area (Å²) in [5, 5.41) is 3.55. The lowest BCUT2D eigenvalue weighted by Gasteiger charge is -2.41. The quantitative estimate of drug-likeness (QED) is 0.568. The molecule has 0 aromatic heterocycles. The lowest BCUT2D eigenvalue weighted by molar-refractivity contribution is -0.0899. The van der Waals surface area contributed by atoms with Crippen LogP contribution in [0.3, 0.4) is 0 Å². The van der Waals surface area contributed by atoms with Crippen molar-refractivity contribution in [3.05, 3.63) is 0 Å². The van der Waals surface area contributed by atoms with E-state index in [1.54, 1.807) is 0 Å². The van der Waals surface area contributed by atoms with E-state index in [2.05, 4.69) is 33.0 Å². The minimum absolute atomic E-state index is 0.126. The SMILES string of the molecule is CCCCC(CC)COC1(CNCC)CCC(CC)CC1. The highest BCUT2D eigenvalue weighted by Gasteiger charge is 2.35. The average Bonchev–Trinajstić information content (AvgIpc) is 2.54. The Kier molecular flexibility index (Phi) is 9.59. The molecule has 1 aliphatic carbocycles. The van der Waals surface area contributed by atoms with Gasteiger partial charge in [0.25, 0.3) is 0 Å². The van der Waals surface area contributed by atoms with Crippen LogP contribution in [0.5, 0.6) is 0 Å². The molecule has 1 fully saturated rings. The van der Waals surface area contributed by atoms with E-state index < -0.39 is 0 Å². The van der Waals surface area contributed by atoms with E-state index in [0.29, 0.717) is 0 Å². The van der Waals surface area contributed by atoms with Gasteiger partial charge in [0, 0.05) is 6.54 Å². The lowest BCUT2D eigenvalue weighted by atomic mass is 9.77. The molecule has 0 aromatic carbocycles. The van der Waals surface area contributed by atoms with Crippen LogP contribution in [0.25, 0.3) is 0 Å². The van der Waals surface area contributed by atoms with Crippen LogP contribution < -0.4 is 5.32 Å². The minimum atomic E-state index is 0.126. The van der Waals surface area contributed by atoms with Crippen molar-refractivity contribution in [2.24, 2.45) is 11.8 Å². The Bertz CT molecular complexity index is 246. The Morgan fingerprint density at radius 3 is 2.38 bits per heavy atom. The zero-order valence-electron chi connectivity index (χ0n) is 15.0. The van der Waals surface area contributed by atoms with Crippen LogP contribution in [-0.2, 0) is 4.74 Å². The summed E-state index contributed by atoms with van der Waals surface area (Å²) in [6, 6.07) is 0. The van der Waals surface area contributed by atoms with Gasteiger partial charge in [0.2, 0.25) is 0 Å². The Balaban J connectivity index is 2.49. The average molecular weight is 298 g/mol. The molecule has 0 bridgehead atoms. The number of ether oxygens (including phenoxy) is 1. The first kappa shape index (κ1) is 19.0. The third kappa shape index (κ3) is 6.69. The van der Waals surface area contributed by atoms with Gasteiger partial charge in [0.05, 0.1) is 12.2 Å². The predicted molar refractivity (Wildman–Crippen MR) is 92.8 cm³/mol. The van der Waals surface area contributed by atoms with Crippen molar-refractivity contribution in [3.8, 4) is 0 Å². The molecular weight excluding hydrogens is 258 g/mol. The molecule has 1 rings (SSSR count). The van der Waals surface area contributed by atoms with Crippen molar-refractivity contribution in [1.29, 1.82) is 0 Å². The molecule has 0 aliphatic heterocycles. The number of likely N-dealkylation sites (N-methyl/N-ethyl adjacent to an activating group) is 1. The Morgan fingerprint density at radius 1 is 1.14 bits per heavy atom. The first-order valence-corrected chi connectivity index (χ1v) is 9.54. The molecule has 0 amide bonds. The van der Waals surface area contributed by atoms with Gasteiger partial charge in [0.15, 0.2) is 0 Å². The fourth-order valence-electron chi connectivity index (χ4n) is 3.53. The summed E-state index contributed by atoms with van der Waals surface area (Å²) < 4.78 is 6.55. The molecule has 0 saturated heterocycles.